The van der Waals surface area contributed by atoms with Gasteiger partial charge < -0.3 is 10.8 Å². The first-order chi connectivity index (χ1) is 7.54. The third-order valence-corrected chi connectivity index (χ3v) is 3.91. The van der Waals surface area contributed by atoms with E-state index < -0.39 is 0 Å². The molecule has 1 aliphatic carbocycles. The molecule has 1 aromatic carbocycles. The molecule has 0 spiro atoms. The molecular weight excluding hydrogens is 198 g/mol. The fourth-order valence-electron chi connectivity index (χ4n) is 2.74. The van der Waals surface area contributed by atoms with Crippen LogP contribution in [-0.4, -0.2) is 11.7 Å². The lowest BCUT2D eigenvalue weighted by atomic mass is 9.68. The number of hydrogen-bond donors (Lipinski definition) is 2. The van der Waals surface area contributed by atoms with Crippen molar-refractivity contribution in [3.8, 4) is 5.75 Å². The predicted octanol–water partition coefficient (Wildman–Crippen LogP) is 2.80. The molecule has 1 aliphatic rings. The Bertz CT molecular complexity index is 384. The first kappa shape index (κ1) is 11.5. The van der Waals surface area contributed by atoms with Gasteiger partial charge in [0.25, 0.3) is 0 Å². The van der Waals surface area contributed by atoms with E-state index in [1.165, 1.54) is 24.0 Å². The molecule has 2 heteroatoms. The van der Waals surface area contributed by atoms with E-state index in [1.54, 1.807) is 6.07 Å². The largest absolute Gasteiger partial charge is 0.508 e. The molecule has 0 bridgehead atoms. The topological polar surface area (TPSA) is 46.2 Å². The third-order valence-electron chi connectivity index (χ3n) is 3.91. The summed E-state index contributed by atoms with van der Waals surface area (Å²) in [7, 11) is 0. The first-order valence-electron chi connectivity index (χ1n) is 6.06. The third kappa shape index (κ3) is 1.94. The fraction of sp³-hybridized carbons (Fsp3) is 0.571. The van der Waals surface area contributed by atoms with Crippen LogP contribution >= 0.6 is 0 Å². The minimum atomic E-state index is 0.114. The molecule has 1 aromatic rings. The van der Waals surface area contributed by atoms with Gasteiger partial charge in [-0.25, -0.2) is 0 Å². The summed E-state index contributed by atoms with van der Waals surface area (Å²) in [5.41, 5.74) is 8.68. The summed E-state index contributed by atoms with van der Waals surface area (Å²) in [6, 6.07) is 5.77. The van der Waals surface area contributed by atoms with E-state index >= 15 is 0 Å². The first-order valence-corrected chi connectivity index (χ1v) is 6.06. The van der Waals surface area contributed by atoms with Gasteiger partial charge in [0.05, 0.1) is 0 Å². The second-order valence-electron chi connectivity index (χ2n) is 5.52. The van der Waals surface area contributed by atoms with Crippen molar-refractivity contribution in [2.24, 2.45) is 11.1 Å². The molecule has 1 atom stereocenters. The number of phenols is 1. The maximum atomic E-state index is 9.61. The van der Waals surface area contributed by atoms with Crippen LogP contribution in [0.15, 0.2) is 18.2 Å². The average Bonchev–Trinajstić information content (AvgIpc) is 2.28. The average molecular weight is 219 g/mol. The second-order valence-corrected chi connectivity index (χ2v) is 5.52. The SMILES string of the molecule is CC(C)(CN)C1CCCc2ccc(O)cc21. The summed E-state index contributed by atoms with van der Waals surface area (Å²) in [5.74, 6) is 0.854. The Morgan fingerprint density at radius 2 is 2.19 bits per heavy atom. The van der Waals surface area contributed by atoms with E-state index in [-0.39, 0.29) is 5.41 Å². The lowest BCUT2D eigenvalue weighted by Gasteiger charge is -2.37. The molecule has 0 radical (unpaired) electrons. The van der Waals surface area contributed by atoms with Gasteiger partial charge in [0, 0.05) is 0 Å². The quantitative estimate of drug-likeness (QED) is 0.803. The molecular formula is C14H21NO. The molecule has 0 amide bonds. The number of rotatable bonds is 2. The molecule has 0 saturated heterocycles. The molecule has 2 rings (SSSR count). The maximum Gasteiger partial charge on any atom is 0.115 e. The Morgan fingerprint density at radius 3 is 2.88 bits per heavy atom. The number of nitrogens with two attached hydrogens (primary N) is 1. The molecule has 0 heterocycles. The Kier molecular flexibility index (Phi) is 2.94. The highest BCUT2D eigenvalue weighted by Gasteiger charge is 2.32. The lowest BCUT2D eigenvalue weighted by molar-refractivity contribution is 0.268. The highest BCUT2D eigenvalue weighted by Crippen LogP contribution is 2.44. The standard InChI is InChI=1S/C14H21NO/c1-14(2,9-15)13-5-3-4-10-6-7-11(16)8-12(10)13/h6-8,13,16H,3-5,9,15H2,1-2H3. The second kappa shape index (κ2) is 4.10. The van der Waals surface area contributed by atoms with Gasteiger partial charge in [-0.3, -0.25) is 0 Å². The highest BCUT2D eigenvalue weighted by atomic mass is 16.3. The smallest absolute Gasteiger partial charge is 0.115 e. The van der Waals surface area contributed by atoms with E-state index in [2.05, 4.69) is 19.9 Å². The van der Waals surface area contributed by atoms with Gasteiger partial charge in [0.2, 0.25) is 0 Å². The fourth-order valence-corrected chi connectivity index (χ4v) is 2.74. The molecule has 16 heavy (non-hydrogen) atoms. The number of aryl methyl sites for hydroxylation is 1. The maximum absolute atomic E-state index is 9.61. The van der Waals surface area contributed by atoms with Gasteiger partial charge in [-0.2, -0.15) is 0 Å². The Labute approximate surface area is 97.5 Å². The van der Waals surface area contributed by atoms with Crippen LogP contribution in [0.3, 0.4) is 0 Å². The molecule has 1 unspecified atom stereocenters. The van der Waals surface area contributed by atoms with Crippen molar-refractivity contribution < 1.29 is 5.11 Å². The monoisotopic (exact) mass is 219 g/mol. The van der Waals surface area contributed by atoms with Crippen molar-refractivity contribution in [1.82, 2.24) is 0 Å². The van der Waals surface area contributed by atoms with Crippen LogP contribution in [0.25, 0.3) is 0 Å². The van der Waals surface area contributed by atoms with Crippen molar-refractivity contribution in [2.45, 2.75) is 39.0 Å². The van der Waals surface area contributed by atoms with Crippen molar-refractivity contribution in [3.63, 3.8) is 0 Å². The lowest BCUT2D eigenvalue weighted by Crippen LogP contribution is -2.32. The summed E-state index contributed by atoms with van der Waals surface area (Å²) in [4.78, 5) is 0. The van der Waals surface area contributed by atoms with Crippen LogP contribution in [0.4, 0.5) is 0 Å². The van der Waals surface area contributed by atoms with Gasteiger partial charge in [-0.15, -0.1) is 0 Å². The molecule has 0 aliphatic heterocycles. The number of aromatic hydroxyl groups is 1. The molecule has 0 saturated carbocycles. The van der Waals surface area contributed by atoms with Crippen molar-refractivity contribution in [2.75, 3.05) is 6.54 Å². The Hall–Kier alpha value is -1.02. The van der Waals surface area contributed by atoms with Crippen LogP contribution in [0.5, 0.6) is 5.75 Å². The zero-order valence-corrected chi connectivity index (χ0v) is 10.2. The van der Waals surface area contributed by atoms with E-state index in [9.17, 15) is 5.11 Å². The summed E-state index contributed by atoms with van der Waals surface area (Å²) in [6.07, 6.45) is 3.54. The normalized spacial score (nSPS) is 20.6. The van der Waals surface area contributed by atoms with Crippen LogP contribution in [-0.2, 0) is 6.42 Å². The summed E-state index contributed by atoms with van der Waals surface area (Å²) in [5, 5.41) is 9.61. The van der Waals surface area contributed by atoms with Crippen molar-refractivity contribution >= 4 is 0 Å². The van der Waals surface area contributed by atoms with Crippen LogP contribution in [0.1, 0.15) is 43.7 Å². The zero-order chi connectivity index (χ0) is 11.8. The van der Waals surface area contributed by atoms with E-state index in [0.717, 1.165) is 6.42 Å². The van der Waals surface area contributed by atoms with Crippen LogP contribution < -0.4 is 5.73 Å². The zero-order valence-electron chi connectivity index (χ0n) is 10.2. The molecule has 2 nitrogen and oxygen atoms in total. The molecule has 0 fully saturated rings. The number of hydrogen-bond acceptors (Lipinski definition) is 2. The van der Waals surface area contributed by atoms with E-state index in [0.29, 0.717) is 18.2 Å². The summed E-state index contributed by atoms with van der Waals surface area (Å²) >= 11 is 0. The Balaban J connectivity index is 2.43. The van der Waals surface area contributed by atoms with Gasteiger partial charge in [-0.05, 0) is 60.4 Å². The molecule has 88 valence electrons. The van der Waals surface area contributed by atoms with Crippen LogP contribution in [0, 0.1) is 5.41 Å². The van der Waals surface area contributed by atoms with E-state index in [1.807, 2.05) is 6.07 Å². The summed E-state index contributed by atoms with van der Waals surface area (Å²) in [6.45, 7) is 5.13. The molecule has 0 aromatic heterocycles. The Morgan fingerprint density at radius 1 is 1.44 bits per heavy atom. The highest BCUT2D eigenvalue weighted by molar-refractivity contribution is 5.39. The number of benzene rings is 1. The van der Waals surface area contributed by atoms with Gasteiger partial charge >= 0.3 is 0 Å². The van der Waals surface area contributed by atoms with Crippen molar-refractivity contribution in [1.29, 1.82) is 0 Å². The predicted molar refractivity (Wildman–Crippen MR) is 66.6 cm³/mol. The van der Waals surface area contributed by atoms with Crippen molar-refractivity contribution in [3.05, 3.63) is 29.3 Å². The van der Waals surface area contributed by atoms with Gasteiger partial charge in [0.1, 0.15) is 5.75 Å². The molecule has 3 N–H and O–H groups in total. The minimum Gasteiger partial charge on any atom is -0.508 e. The van der Waals surface area contributed by atoms with E-state index in [4.69, 9.17) is 5.73 Å². The van der Waals surface area contributed by atoms with Gasteiger partial charge in [-0.1, -0.05) is 19.9 Å². The number of phenolic OH excluding ortho intramolecular Hbond substituents is 1. The van der Waals surface area contributed by atoms with Crippen LogP contribution in [0.2, 0.25) is 0 Å². The number of fused-ring (bicyclic) bond motifs is 1. The minimum absolute atomic E-state index is 0.114. The summed E-state index contributed by atoms with van der Waals surface area (Å²) < 4.78 is 0. The van der Waals surface area contributed by atoms with Gasteiger partial charge in [0.15, 0.2) is 0 Å².